The average molecular weight is 288 g/mol. The number of rotatable bonds is 2. The normalized spacial score (nSPS) is 19.3. The molecule has 0 spiro atoms. The van der Waals surface area contributed by atoms with E-state index in [1.807, 2.05) is 37.3 Å². The summed E-state index contributed by atoms with van der Waals surface area (Å²) in [7, 11) is 0. The molecular formula is C17H18ClNO. The van der Waals surface area contributed by atoms with Crippen molar-refractivity contribution in [1.29, 1.82) is 0 Å². The van der Waals surface area contributed by atoms with Crippen LogP contribution >= 0.6 is 11.6 Å². The van der Waals surface area contributed by atoms with Crippen molar-refractivity contribution >= 4 is 17.3 Å². The molecule has 0 amide bonds. The van der Waals surface area contributed by atoms with Gasteiger partial charge in [0, 0.05) is 16.3 Å². The monoisotopic (exact) mass is 287 g/mol. The minimum Gasteiger partial charge on any atom is -0.485 e. The zero-order chi connectivity index (χ0) is 14.3. The van der Waals surface area contributed by atoms with Crippen LogP contribution in [-0.2, 0) is 0 Å². The van der Waals surface area contributed by atoms with Crippen molar-refractivity contribution in [3.05, 3.63) is 58.6 Å². The van der Waals surface area contributed by atoms with E-state index < -0.39 is 0 Å². The molecule has 0 saturated heterocycles. The van der Waals surface area contributed by atoms with Crippen LogP contribution in [0.3, 0.4) is 0 Å². The van der Waals surface area contributed by atoms with Crippen molar-refractivity contribution < 1.29 is 4.74 Å². The lowest BCUT2D eigenvalue weighted by Crippen LogP contribution is -2.34. The Balaban J connectivity index is 1.99. The number of ether oxygens (including phenoxy) is 1. The molecule has 104 valence electrons. The molecular weight excluding hydrogens is 270 g/mol. The predicted molar refractivity (Wildman–Crippen MR) is 83.7 cm³/mol. The molecule has 0 aliphatic carbocycles. The van der Waals surface area contributed by atoms with Crippen molar-refractivity contribution in [2.45, 2.75) is 32.4 Å². The molecule has 0 saturated carbocycles. The Kier molecular flexibility index (Phi) is 3.14. The smallest absolute Gasteiger partial charge is 0.128 e. The Bertz CT molecular complexity index is 651. The Morgan fingerprint density at radius 1 is 1.10 bits per heavy atom. The second-order valence-corrected chi connectivity index (χ2v) is 6.14. The van der Waals surface area contributed by atoms with E-state index in [1.165, 1.54) is 5.56 Å². The number of anilines is 1. The molecule has 1 unspecified atom stereocenters. The van der Waals surface area contributed by atoms with Gasteiger partial charge in [-0.1, -0.05) is 35.9 Å². The Morgan fingerprint density at radius 3 is 2.65 bits per heavy atom. The molecule has 2 aromatic carbocycles. The van der Waals surface area contributed by atoms with Gasteiger partial charge in [0.15, 0.2) is 0 Å². The summed E-state index contributed by atoms with van der Waals surface area (Å²) < 4.78 is 6.05. The van der Waals surface area contributed by atoms with Gasteiger partial charge in [-0.25, -0.2) is 0 Å². The van der Waals surface area contributed by atoms with Crippen LogP contribution in [0.2, 0.25) is 5.02 Å². The Morgan fingerprint density at radius 2 is 1.85 bits per heavy atom. The van der Waals surface area contributed by atoms with Gasteiger partial charge < -0.3 is 10.1 Å². The summed E-state index contributed by atoms with van der Waals surface area (Å²) in [5.74, 6) is 0.953. The molecule has 0 radical (unpaired) electrons. The molecule has 1 N–H and O–H groups in total. The number of hydrogen-bond acceptors (Lipinski definition) is 2. The maximum absolute atomic E-state index is 6.20. The van der Waals surface area contributed by atoms with E-state index in [1.54, 1.807) is 0 Å². The van der Waals surface area contributed by atoms with E-state index in [4.69, 9.17) is 16.3 Å². The second-order valence-electron chi connectivity index (χ2n) is 5.73. The van der Waals surface area contributed by atoms with Crippen molar-refractivity contribution in [2.75, 3.05) is 5.32 Å². The predicted octanol–water partition coefficient (Wildman–Crippen LogP) is 4.97. The molecule has 1 aliphatic rings. The van der Waals surface area contributed by atoms with Crippen LogP contribution in [0, 0.1) is 6.92 Å². The highest BCUT2D eigenvalue weighted by Crippen LogP contribution is 2.45. The van der Waals surface area contributed by atoms with Crippen molar-refractivity contribution in [3.8, 4) is 5.75 Å². The first-order chi connectivity index (χ1) is 9.49. The summed E-state index contributed by atoms with van der Waals surface area (Å²) in [6.07, 6.45) is 0. The van der Waals surface area contributed by atoms with E-state index in [0.29, 0.717) is 0 Å². The minimum absolute atomic E-state index is 0.107. The molecule has 1 heterocycles. The lowest BCUT2D eigenvalue weighted by molar-refractivity contribution is 0.118. The van der Waals surface area contributed by atoms with Crippen molar-refractivity contribution in [2.24, 2.45) is 0 Å². The fourth-order valence-electron chi connectivity index (χ4n) is 2.70. The van der Waals surface area contributed by atoms with E-state index in [2.05, 4.69) is 31.3 Å². The fraction of sp³-hybridized carbons (Fsp3) is 0.294. The fourth-order valence-corrected chi connectivity index (χ4v) is 2.87. The van der Waals surface area contributed by atoms with Gasteiger partial charge in [0.1, 0.15) is 11.4 Å². The van der Waals surface area contributed by atoms with Crippen LogP contribution in [0.1, 0.15) is 31.0 Å². The number of nitrogens with one attached hydrogen (secondary N) is 1. The van der Waals surface area contributed by atoms with Crippen LogP contribution in [0.25, 0.3) is 0 Å². The Labute approximate surface area is 124 Å². The molecule has 3 heteroatoms. The first-order valence-corrected chi connectivity index (χ1v) is 7.16. The SMILES string of the molecule is Cc1c(Cl)cccc1NC1c2ccccc2OC1(C)C. The zero-order valence-electron chi connectivity index (χ0n) is 11.9. The highest BCUT2D eigenvalue weighted by atomic mass is 35.5. The average Bonchev–Trinajstić information content (AvgIpc) is 2.66. The lowest BCUT2D eigenvalue weighted by Gasteiger charge is -2.28. The van der Waals surface area contributed by atoms with E-state index >= 15 is 0 Å². The highest BCUT2D eigenvalue weighted by Gasteiger charge is 2.41. The number of halogens is 1. The maximum atomic E-state index is 6.20. The molecule has 1 atom stereocenters. The van der Waals surface area contributed by atoms with Crippen molar-refractivity contribution in [1.82, 2.24) is 0 Å². The topological polar surface area (TPSA) is 21.3 Å². The van der Waals surface area contributed by atoms with E-state index in [-0.39, 0.29) is 11.6 Å². The molecule has 0 fully saturated rings. The summed E-state index contributed by atoms with van der Waals surface area (Å²) in [5, 5.41) is 4.36. The van der Waals surface area contributed by atoms with Gasteiger partial charge >= 0.3 is 0 Å². The number of para-hydroxylation sites is 1. The number of hydrogen-bond donors (Lipinski definition) is 1. The third-order valence-electron chi connectivity index (χ3n) is 3.87. The Hall–Kier alpha value is -1.67. The van der Waals surface area contributed by atoms with Crippen molar-refractivity contribution in [3.63, 3.8) is 0 Å². The largest absolute Gasteiger partial charge is 0.485 e. The van der Waals surface area contributed by atoms with Gasteiger partial charge in [0.05, 0.1) is 6.04 Å². The highest BCUT2D eigenvalue weighted by molar-refractivity contribution is 6.31. The molecule has 1 aliphatic heterocycles. The number of fused-ring (bicyclic) bond motifs is 1. The van der Waals surface area contributed by atoms with E-state index in [9.17, 15) is 0 Å². The molecule has 0 aromatic heterocycles. The van der Waals surface area contributed by atoms with E-state index in [0.717, 1.165) is 22.0 Å². The van der Waals surface area contributed by atoms with Gasteiger partial charge in [-0.2, -0.15) is 0 Å². The van der Waals surface area contributed by atoms with Gasteiger partial charge in [-0.05, 0) is 44.5 Å². The zero-order valence-corrected chi connectivity index (χ0v) is 12.7. The summed E-state index contributed by atoms with van der Waals surface area (Å²) >= 11 is 6.20. The molecule has 20 heavy (non-hydrogen) atoms. The first kappa shape index (κ1) is 13.3. The molecule has 0 bridgehead atoms. The van der Waals surface area contributed by atoms with Crippen LogP contribution in [-0.4, -0.2) is 5.60 Å². The summed E-state index contributed by atoms with van der Waals surface area (Å²) in [5.41, 5.74) is 3.01. The van der Waals surface area contributed by atoms with Gasteiger partial charge in [0.2, 0.25) is 0 Å². The summed E-state index contributed by atoms with van der Waals surface area (Å²) in [6.45, 7) is 6.23. The number of benzene rings is 2. The summed E-state index contributed by atoms with van der Waals surface area (Å²) in [4.78, 5) is 0. The van der Waals surface area contributed by atoms with Crippen LogP contribution in [0.15, 0.2) is 42.5 Å². The van der Waals surface area contributed by atoms with Crippen LogP contribution in [0.5, 0.6) is 5.75 Å². The van der Waals surface area contributed by atoms with Gasteiger partial charge in [-0.3, -0.25) is 0 Å². The maximum Gasteiger partial charge on any atom is 0.128 e. The molecule has 3 rings (SSSR count). The lowest BCUT2D eigenvalue weighted by atomic mass is 9.94. The summed E-state index contributed by atoms with van der Waals surface area (Å²) in [6, 6.07) is 14.2. The minimum atomic E-state index is -0.293. The van der Waals surface area contributed by atoms with Gasteiger partial charge in [-0.15, -0.1) is 0 Å². The van der Waals surface area contributed by atoms with Crippen LogP contribution < -0.4 is 10.1 Å². The quantitative estimate of drug-likeness (QED) is 0.842. The molecule has 2 nitrogen and oxygen atoms in total. The standard InChI is InChI=1S/C17H18ClNO/c1-11-13(18)8-6-9-14(11)19-16-12-7-4-5-10-15(12)20-17(16,2)3/h4-10,16,19H,1-3H3. The second kappa shape index (κ2) is 4.71. The van der Waals surface area contributed by atoms with Crippen LogP contribution in [0.4, 0.5) is 5.69 Å². The molecule has 2 aromatic rings. The van der Waals surface area contributed by atoms with Gasteiger partial charge in [0.25, 0.3) is 0 Å². The third-order valence-corrected chi connectivity index (χ3v) is 4.28. The first-order valence-electron chi connectivity index (χ1n) is 6.78. The third kappa shape index (κ3) is 2.14.